The van der Waals surface area contributed by atoms with Crippen LogP contribution in [0.3, 0.4) is 0 Å². The van der Waals surface area contributed by atoms with Crippen molar-refractivity contribution in [3.63, 3.8) is 0 Å². The van der Waals surface area contributed by atoms with Crippen molar-refractivity contribution in [2.24, 2.45) is 5.11 Å². The summed E-state index contributed by atoms with van der Waals surface area (Å²) < 4.78 is 56.8. The van der Waals surface area contributed by atoms with E-state index in [1.54, 1.807) is 0 Å². The van der Waals surface area contributed by atoms with Gasteiger partial charge >= 0.3 is 5.97 Å². The Morgan fingerprint density at radius 1 is 0.771 bits per heavy atom. The van der Waals surface area contributed by atoms with Crippen LogP contribution in [-0.4, -0.2) is 80.5 Å². The zero-order valence-corrected chi connectivity index (χ0v) is 26.3. The second-order valence-corrected chi connectivity index (χ2v) is 12.0. The number of carbonyl (C=O) groups is 1. The molecule has 48 heavy (non-hydrogen) atoms. The molecule has 0 amide bonds. The van der Waals surface area contributed by atoms with E-state index in [1.165, 1.54) is 6.92 Å². The average molecular weight is 660 g/mol. The minimum Gasteiger partial charge on any atom is -0.459 e. The molecule has 0 N–H and O–H groups in total. The average Bonchev–Trinajstić information content (AvgIpc) is 3.56. The van der Waals surface area contributed by atoms with E-state index in [9.17, 15) is 10.3 Å². The first kappa shape index (κ1) is 32.7. The SMILES string of the molecule is CC(=O)O[C@@H]1[C@@H](N=[N+]=[N-])[C@@H]2OC[C@@H](O2)[C@@H]1O[C@@H]1O[C@@H]2COC(c3ccccc3)O[C@@H]2[C@@H](OCc2ccccc2)[C@H]1OCc1ccccc1. The Kier molecular flexibility index (Phi) is 10.3. The normalized spacial score (nSPS) is 34.1. The highest BCUT2D eigenvalue weighted by atomic mass is 16.8. The van der Waals surface area contributed by atoms with Gasteiger partial charge < -0.3 is 42.6 Å². The van der Waals surface area contributed by atoms with Gasteiger partial charge in [0.2, 0.25) is 0 Å². The minimum absolute atomic E-state index is 0.137. The number of esters is 1. The fourth-order valence-corrected chi connectivity index (χ4v) is 6.52. The lowest BCUT2D eigenvalue weighted by molar-refractivity contribution is -0.384. The summed E-state index contributed by atoms with van der Waals surface area (Å²) in [7, 11) is 0. The third-order valence-corrected chi connectivity index (χ3v) is 8.74. The number of hydrogen-bond acceptors (Lipinski definition) is 11. The Labute approximate surface area is 277 Å². The number of carbonyl (C=O) groups excluding carboxylic acids is 1. The number of benzene rings is 3. The van der Waals surface area contributed by atoms with Crippen molar-refractivity contribution in [1.82, 2.24) is 0 Å². The molecular weight excluding hydrogens is 622 g/mol. The highest BCUT2D eigenvalue weighted by Crippen LogP contribution is 2.40. The van der Waals surface area contributed by atoms with Gasteiger partial charge in [0.1, 0.15) is 48.8 Å². The van der Waals surface area contributed by atoms with Gasteiger partial charge in [-0.15, -0.1) is 0 Å². The molecule has 4 fully saturated rings. The van der Waals surface area contributed by atoms with Crippen LogP contribution in [0.1, 0.15) is 29.9 Å². The minimum atomic E-state index is -1.06. The maximum Gasteiger partial charge on any atom is 0.303 e. The number of ether oxygens (including phenoxy) is 9. The maximum atomic E-state index is 12.3. The third-order valence-electron chi connectivity index (χ3n) is 8.74. The predicted molar refractivity (Wildman–Crippen MR) is 167 cm³/mol. The molecule has 13 heteroatoms. The van der Waals surface area contributed by atoms with Gasteiger partial charge in [0.25, 0.3) is 0 Å². The molecular formula is C35H37N3O10. The Morgan fingerprint density at radius 3 is 2.04 bits per heavy atom. The molecule has 7 rings (SSSR count). The molecule has 11 atom stereocenters. The van der Waals surface area contributed by atoms with Gasteiger partial charge in [-0.1, -0.05) is 96.1 Å². The van der Waals surface area contributed by atoms with E-state index in [-0.39, 0.29) is 26.4 Å². The first-order chi connectivity index (χ1) is 23.6. The van der Waals surface area contributed by atoms with Crippen LogP contribution in [-0.2, 0) is 60.6 Å². The largest absolute Gasteiger partial charge is 0.459 e. The number of nitrogens with zero attached hydrogens (tertiary/aromatic N) is 3. The molecule has 4 aliphatic rings. The highest BCUT2D eigenvalue weighted by Gasteiger charge is 2.57. The molecule has 3 aromatic carbocycles. The zero-order valence-electron chi connectivity index (χ0n) is 26.3. The molecule has 0 aliphatic carbocycles. The first-order valence-corrected chi connectivity index (χ1v) is 16.0. The summed E-state index contributed by atoms with van der Waals surface area (Å²) in [5, 5.41) is 3.85. The van der Waals surface area contributed by atoms with E-state index in [0.717, 1.165) is 16.7 Å². The molecule has 4 heterocycles. The van der Waals surface area contributed by atoms with Gasteiger partial charge in [-0.05, 0) is 16.7 Å². The summed E-state index contributed by atoms with van der Waals surface area (Å²) in [6, 6.07) is 28.2. The molecule has 0 radical (unpaired) electrons. The maximum absolute atomic E-state index is 12.3. The van der Waals surface area contributed by atoms with Crippen LogP contribution in [0.5, 0.6) is 0 Å². The monoisotopic (exact) mass is 659 g/mol. The Hall–Kier alpha value is -3.88. The molecule has 0 aromatic heterocycles. The standard InChI is InChI=1S/C35H37N3O10/c1-21(39)44-30-27(37-38-36)34-43-20-25(45-34)28(30)48-35-32(41-18-23-13-7-3-8-14-23)31(40-17-22-11-5-2-6-12-22)29-26(46-35)19-42-33(47-29)24-15-9-4-10-16-24/h2-16,25-35H,17-20H2,1H3/t25-,26-,27-,28+,29+,30-,31-,32-,33?,34-,35+/m1/s1. The van der Waals surface area contributed by atoms with Crippen LogP contribution in [0.15, 0.2) is 96.1 Å². The number of hydrogen-bond donors (Lipinski definition) is 0. The summed E-state index contributed by atoms with van der Waals surface area (Å²) in [6.45, 7) is 2.10. The summed E-state index contributed by atoms with van der Waals surface area (Å²) >= 11 is 0. The highest BCUT2D eigenvalue weighted by molar-refractivity contribution is 5.66. The molecule has 4 aliphatic heterocycles. The lowest BCUT2D eigenvalue weighted by Gasteiger charge is -2.50. The quantitative estimate of drug-likeness (QED) is 0.122. The number of rotatable bonds is 11. The Morgan fingerprint density at radius 2 is 1.40 bits per heavy atom. The number of fused-ring (bicyclic) bond motifs is 3. The second-order valence-electron chi connectivity index (χ2n) is 12.0. The van der Waals surface area contributed by atoms with Gasteiger partial charge in [0.15, 0.2) is 18.9 Å². The Balaban J connectivity index is 1.22. The van der Waals surface area contributed by atoms with Gasteiger partial charge in [0.05, 0.1) is 26.4 Å². The van der Waals surface area contributed by atoms with Crippen molar-refractivity contribution in [2.75, 3.05) is 13.2 Å². The van der Waals surface area contributed by atoms with Crippen LogP contribution in [0.25, 0.3) is 10.4 Å². The van der Waals surface area contributed by atoms with Crippen molar-refractivity contribution in [2.45, 2.75) is 87.8 Å². The third kappa shape index (κ3) is 7.25. The molecule has 2 bridgehead atoms. The fourth-order valence-electron chi connectivity index (χ4n) is 6.52. The summed E-state index contributed by atoms with van der Waals surface area (Å²) in [6.07, 6.45) is -7.89. The predicted octanol–water partition coefficient (Wildman–Crippen LogP) is 4.75. The lowest BCUT2D eigenvalue weighted by Crippen LogP contribution is -2.65. The van der Waals surface area contributed by atoms with Crippen molar-refractivity contribution in [3.8, 4) is 0 Å². The molecule has 3 aromatic rings. The number of azide groups is 1. The van der Waals surface area contributed by atoms with Crippen molar-refractivity contribution in [1.29, 1.82) is 0 Å². The van der Waals surface area contributed by atoms with Crippen LogP contribution < -0.4 is 0 Å². The van der Waals surface area contributed by atoms with E-state index < -0.39 is 73.6 Å². The van der Waals surface area contributed by atoms with Crippen LogP contribution in [0.4, 0.5) is 0 Å². The first-order valence-electron chi connectivity index (χ1n) is 16.0. The molecule has 252 valence electrons. The topological polar surface area (TPSA) is 149 Å². The fraction of sp³-hybridized carbons (Fsp3) is 0.457. The van der Waals surface area contributed by atoms with E-state index in [1.807, 2.05) is 91.0 Å². The van der Waals surface area contributed by atoms with Crippen LogP contribution >= 0.6 is 0 Å². The van der Waals surface area contributed by atoms with Crippen molar-refractivity contribution >= 4 is 5.97 Å². The van der Waals surface area contributed by atoms with Gasteiger partial charge in [-0.3, -0.25) is 4.79 Å². The van der Waals surface area contributed by atoms with Crippen LogP contribution in [0.2, 0.25) is 0 Å². The lowest BCUT2D eigenvalue weighted by atomic mass is 9.95. The summed E-state index contributed by atoms with van der Waals surface area (Å²) in [5.74, 6) is -0.570. The van der Waals surface area contributed by atoms with Gasteiger partial charge in [-0.2, -0.15) is 0 Å². The molecule has 1 unspecified atom stereocenters. The summed E-state index contributed by atoms with van der Waals surface area (Å²) in [5.41, 5.74) is 12.1. The van der Waals surface area contributed by atoms with E-state index >= 15 is 0 Å². The van der Waals surface area contributed by atoms with Gasteiger partial charge in [0, 0.05) is 17.4 Å². The second kappa shape index (κ2) is 15.1. The summed E-state index contributed by atoms with van der Waals surface area (Å²) in [4.78, 5) is 15.2. The van der Waals surface area contributed by atoms with Crippen molar-refractivity contribution in [3.05, 3.63) is 118 Å². The molecule has 0 saturated carbocycles. The Bertz CT molecular complexity index is 1550. The van der Waals surface area contributed by atoms with E-state index in [0.29, 0.717) is 0 Å². The van der Waals surface area contributed by atoms with E-state index in [4.69, 9.17) is 42.6 Å². The van der Waals surface area contributed by atoms with Gasteiger partial charge in [-0.25, -0.2) is 0 Å². The van der Waals surface area contributed by atoms with Crippen LogP contribution in [0, 0.1) is 0 Å². The van der Waals surface area contributed by atoms with Crippen molar-refractivity contribution < 1.29 is 47.4 Å². The zero-order chi connectivity index (χ0) is 32.9. The molecule has 4 saturated heterocycles. The smallest absolute Gasteiger partial charge is 0.303 e. The molecule has 13 nitrogen and oxygen atoms in total. The molecule has 0 spiro atoms. The van der Waals surface area contributed by atoms with E-state index in [2.05, 4.69) is 10.0 Å².